The van der Waals surface area contributed by atoms with Crippen LogP contribution in [0.2, 0.25) is 0 Å². The number of sulfonamides is 1. The van der Waals surface area contributed by atoms with Gasteiger partial charge in [-0.15, -0.1) is 0 Å². The molecule has 0 aromatic heterocycles. The van der Waals surface area contributed by atoms with Crippen molar-refractivity contribution >= 4 is 16.0 Å². The van der Waals surface area contributed by atoms with E-state index in [9.17, 15) is 13.2 Å². The molecule has 1 rings (SSSR count). The van der Waals surface area contributed by atoms with Crippen LogP contribution in [0, 0.1) is 0 Å². The van der Waals surface area contributed by atoms with E-state index in [0.29, 0.717) is 5.75 Å². The molecule has 0 amide bonds. The zero-order chi connectivity index (χ0) is 13.8. The molecule has 0 bridgehead atoms. The van der Waals surface area contributed by atoms with Gasteiger partial charge in [0.2, 0.25) is 10.0 Å². The summed E-state index contributed by atoms with van der Waals surface area (Å²) in [6, 6.07) is 4.58. The van der Waals surface area contributed by atoms with Gasteiger partial charge in [-0.05, 0) is 30.7 Å². The molecule has 7 heteroatoms. The van der Waals surface area contributed by atoms with E-state index in [1.165, 1.54) is 31.4 Å². The third-order valence-electron chi connectivity index (χ3n) is 2.37. The molecule has 0 fully saturated rings. The van der Waals surface area contributed by atoms with E-state index in [0.717, 1.165) is 0 Å². The summed E-state index contributed by atoms with van der Waals surface area (Å²) in [6.45, 7) is 1.59. The van der Waals surface area contributed by atoms with Crippen LogP contribution in [0.3, 0.4) is 0 Å². The molecule has 6 nitrogen and oxygen atoms in total. The minimum Gasteiger partial charge on any atom is -0.497 e. The van der Waals surface area contributed by atoms with E-state index >= 15 is 0 Å². The average molecular weight is 273 g/mol. The number of carbonyl (C=O) groups is 1. The molecule has 0 aliphatic rings. The summed E-state index contributed by atoms with van der Waals surface area (Å²) < 4.78 is 30.8. The van der Waals surface area contributed by atoms with Crippen LogP contribution in [0.4, 0.5) is 0 Å². The Morgan fingerprint density at radius 2 is 1.94 bits per heavy atom. The maximum Gasteiger partial charge on any atom is 0.321 e. The molecule has 1 aromatic carbocycles. The van der Waals surface area contributed by atoms with Crippen molar-refractivity contribution in [1.82, 2.24) is 4.72 Å². The molecule has 100 valence electrons. The SMILES string of the molecule is CC[C@H](NS(=O)(=O)c1ccc(OC)cc1)C(=O)O. The summed E-state index contributed by atoms with van der Waals surface area (Å²) >= 11 is 0. The topological polar surface area (TPSA) is 92.7 Å². The van der Waals surface area contributed by atoms with Gasteiger partial charge in [-0.3, -0.25) is 4.79 Å². The molecule has 0 unspecified atom stereocenters. The highest BCUT2D eigenvalue weighted by Crippen LogP contribution is 2.15. The van der Waals surface area contributed by atoms with Gasteiger partial charge in [0.05, 0.1) is 12.0 Å². The third kappa shape index (κ3) is 3.44. The molecule has 0 radical (unpaired) electrons. The van der Waals surface area contributed by atoms with Crippen LogP contribution >= 0.6 is 0 Å². The first kappa shape index (κ1) is 14.5. The van der Waals surface area contributed by atoms with Crippen LogP contribution in [0.15, 0.2) is 29.2 Å². The second-order valence-corrected chi connectivity index (χ2v) is 5.31. The summed E-state index contributed by atoms with van der Waals surface area (Å²) in [6.07, 6.45) is 0.171. The highest BCUT2D eigenvalue weighted by Gasteiger charge is 2.23. The Morgan fingerprint density at radius 3 is 2.33 bits per heavy atom. The Hall–Kier alpha value is -1.60. The van der Waals surface area contributed by atoms with Gasteiger partial charge in [0.25, 0.3) is 0 Å². The summed E-state index contributed by atoms with van der Waals surface area (Å²) in [5.41, 5.74) is 0. The lowest BCUT2D eigenvalue weighted by Gasteiger charge is -2.12. The maximum atomic E-state index is 11.9. The number of rotatable bonds is 6. The van der Waals surface area contributed by atoms with Crippen molar-refractivity contribution in [2.75, 3.05) is 7.11 Å². The second-order valence-electron chi connectivity index (χ2n) is 3.60. The third-order valence-corrected chi connectivity index (χ3v) is 3.86. The van der Waals surface area contributed by atoms with E-state index in [1.807, 2.05) is 0 Å². The Balaban J connectivity index is 2.95. The molecule has 2 N–H and O–H groups in total. The number of benzene rings is 1. The lowest BCUT2D eigenvalue weighted by atomic mass is 10.2. The fourth-order valence-corrected chi connectivity index (χ4v) is 2.59. The largest absolute Gasteiger partial charge is 0.497 e. The molecule has 1 aromatic rings. The van der Waals surface area contributed by atoms with Gasteiger partial charge in [0, 0.05) is 0 Å². The van der Waals surface area contributed by atoms with Gasteiger partial charge >= 0.3 is 5.97 Å². The maximum absolute atomic E-state index is 11.9. The molecular weight excluding hydrogens is 258 g/mol. The van der Waals surface area contributed by atoms with Gasteiger partial charge in [-0.1, -0.05) is 6.92 Å². The van der Waals surface area contributed by atoms with Crippen molar-refractivity contribution in [3.05, 3.63) is 24.3 Å². The average Bonchev–Trinajstić information content (AvgIpc) is 2.35. The highest BCUT2D eigenvalue weighted by molar-refractivity contribution is 7.89. The summed E-state index contributed by atoms with van der Waals surface area (Å²) in [4.78, 5) is 10.8. The first-order chi connectivity index (χ1) is 8.40. The Morgan fingerprint density at radius 1 is 1.39 bits per heavy atom. The van der Waals surface area contributed by atoms with E-state index in [1.54, 1.807) is 6.92 Å². The minimum absolute atomic E-state index is 0.00278. The van der Waals surface area contributed by atoms with Crippen LogP contribution in [0.5, 0.6) is 5.75 Å². The van der Waals surface area contributed by atoms with Crippen LogP contribution < -0.4 is 9.46 Å². The number of nitrogens with one attached hydrogen (secondary N) is 1. The van der Waals surface area contributed by atoms with Crippen molar-refractivity contribution in [2.24, 2.45) is 0 Å². The zero-order valence-electron chi connectivity index (χ0n) is 10.1. The first-order valence-electron chi connectivity index (χ1n) is 5.30. The molecular formula is C11H15NO5S. The summed E-state index contributed by atoms with van der Waals surface area (Å²) in [5.74, 6) is -0.672. The van der Waals surface area contributed by atoms with Crippen molar-refractivity contribution in [1.29, 1.82) is 0 Å². The van der Waals surface area contributed by atoms with Gasteiger partial charge in [-0.25, -0.2) is 8.42 Å². The Bertz CT molecular complexity index is 509. The molecule has 0 spiro atoms. The zero-order valence-corrected chi connectivity index (χ0v) is 10.9. The molecule has 0 saturated heterocycles. The second kappa shape index (κ2) is 5.83. The number of carboxylic acids is 1. The monoisotopic (exact) mass is 273 g/mol. The number of hydrogen-bond acceptors (Lipinski definition) is 4. The minimum atomic E-state index is -3.83. The molecule has 0 aliphatic heterocycles. The van der Waals surface area contributed by atoms with E-state index in [2.05, 4.69) is 4.72 Å². The van der Waals surface area contributed by atoms with Gasteiger partial charge in [0.15, 0.2) is 0 Å². The van der Waals surface area contributed by atoms with Crippen LogP contribution in [-0.4, -0.2) is 32.6 Å². The highest BCUT2D eigenvalue weighted by atomic mass is 32.2. The Kier molecular flexibility index (Phi) is 4.69. The van der Waals surface area contributed by atoms with Gasteiger partial charge in [-0.2, -0.15) is 4.72 Å². The van der Waals surface area contributed by atoms with Crippen LogP contribution in [-0.2, 0) is 14.8 Å². The van der Waals surface area contributed by atoms with Crippen LogP contribution in [0.1, 0.15) is 13.3 Å². The Labute approximate surface area is 106 Å². The van der Waals surface area contributed by atoms with E-state index in [-0.39, 0.29) is 11.3 Å². The fraction of sp³-hybridized carbons (Fsp3) is 0.364. The van der Waals surface area contributed by atoms with Crippen LogP contribution in [0.25, 0.3) is 0 Å². The fourth-order valence-electron chi connectivity index (χ4n) is 1.32. The lowest BCUT2D eigenvalue weighted by Crippen LogP contribution is -2.40. The standard InChI is InChI=1S/C11H15NO5S/c1-3-10(11(13)14)12-18(15,16)9-6-4-8(17-2)5-7-9/h4-7,10,12H,3H2,1-2H3,(H,13,14)/t10-/m0/s1. The normalized spacial score (nSPS) is 13.0. The molecule has 0 heterocycles. The molecule has 1 atom stereocenters. The van der Waals surface area contributed by atoms with E-state index < -0.39 is 22.0 Å². The number of aliphatic carboxylic acids is 1. The summed E-state index contributed by atoms with van der Waals surface area (Å²) in [7, 11) is -2.36. The first-order valence-corrected chi connectivity index (χ1v) is 6.78. The van der Waals surface area contributed by atoms with Crippen molar-refractivity contribution in [2.45, 2.75) is 24.3 Å². The number of hydrogen-bond donors (Lipinski definition) is 2. The molecule has 0 aliphatic carbocycles. The number of carboxylic acid groups (broad SMARTS) is 1. The molecule has 18 heavy (non-hydrogen) atoms. The lowest BCUT2D eigenvalue weighted by molar-refractivity contribution is -0.139. The van der Waals surface area contributed by atoms with Gasteiger partial charge < -0.3 is 9.84 Å². The van der Waals surface area contributed by atoms with Crippen molar-refractivity contribution in [3.63, 3.8) is 0 Å². The smallest absolute Gasteiger partial charge is 0.321 e. The predicted octanol–water partition coefficient (Wildman–Crippen LogP) is 0.837. The predicted molar refractivity (Wildman–Crippen MR) is 65.0 cm³/mol. The van der Waals surface area contributed by atoms with Crippen molar-refractivity contribution < 1.29 is 23.1 Å². The number of methoxy groups -OCH3 is 1. The quantitative estimate of drug-likeness (QED) is 0.801. The van der Waals surface area contributed by atoms with Crippen molar-refractivity contribution in [3.8, 4) is 5.75 Å². The molecule has 0 saturated carbocycles. The number of ether oxygens (including phenoxy) is 1. The van der Waals surface area contributed by atoms with Gasteiger partial charge in [0.1, 0.15) is 11.8 Å². The van der Waals surface area contributed by atoms with E-state index in [4.69, 9.17) is 9.84 Å². The summed E-state index contributed by atoms with van der Waals surface area (Å²) in [5, 5.41) is 8.82.